The first-order valence-electron chi connectivity index (χ1n) is 8.37. The molecule has 5 nitrogen and oxygen atoms in total. The minimum absolute atomic E-state index is 0.152. The third-order valence-corrected chi connectivity index (χ3v) is 6.46. The standard InChI is InChI=1S/C19H20Br2ClFN4O/c1-19(5-6-19)27-18(28)13-7-11(3-4-15(13)22)12(9-24)10-26-17(25-2)16(21)14(20)8-23/h3-4,7-10,25H,5-6,24H2,1-2H3,(H,27,28)/b12-9?,14-8-,17-16-,26-10?. The van der Waals surface area contributed by atoms with Crippen molar-refractivity contribution in [1.29, 1.82) is 0 Å². The molecule has 0 unspecified atom stereocenters. The van der Waals surface area contributed by atoms with Crippen LogP contribution >= 0.6 is 43.5 Å². The fourth-order valence-electron chi connectivity index (χ4n) is 2.27. The molecule has 1 aromatic carbocycles. The highest BCUT2D eigenvalue weighted by Crippen LogP contribution is 2.35. The van der Waals surface area contributed by atoms with Crippen LogP contribution in [0.3, 0.4) is 0 Å². The molecule has 2 rings (SSSR count). The molecule has 150 valence electrons. The van der Waals surface area contributed by atoms with Crippen LogP contribution in [0.1, 0.15) is 35.7 Å². The Morgan fingerprint density at radius 3 is 2.61 bits per heavy atom. The summed E-state index contributed by atoms with van der Waals surface area (Å²) in [5.41, 5.74) is 7.21. The smallest absolute Gasteiger partial charge is 0.253 e. The molecule has 1 aliphatic carbocycles. The third-order valence-electron chi connectivity index (χ3n) is 4.22. The number of nitrogens with one attached hydrogen (secondary N) is 2. The predicted octanol–water partition coefficient (Wildman–Crippen LogP) is 4.98. The third kappa shape index (κ3) is 5.68. The second kappa shape index (κ2) is 9.71. The molecule has 0 bridgehead atoms. The van der Waals surface area contributed by atoms with Crippen LogP contribution in [0.5, 0.6) is 0 Å². The number of amides is 1. The fraction of sp³-hybridized carbons (Fsp3) is 0.263. The Kier molecular flexibility index (Phi) is 7.86. The van der Waals surface area contributed by atoms with Crippen molar-refractivity contribution in [3.8, 4) is 0 Å². The van der Waals surface area contributed by atoms with Gasteiger partial charge < -0.3 is 16.4 Å². The average molecular weight is 535 g/mol. The quantitative estimate of drug-likeness (QED) is 0.341. The maximum absolute atomic E-state index is 12.7. The van der Waals surface area contributed by atoms with Crippen molar-refractivity contribution < 1.29 is 9.18 Å². The van der Waals surface area contributed by atoms with E-state index < -0.39 is 0 Å². The lowest BCUT2D eigenvalue weighted by atomic mass is 10.0. The van der Waals surface area contributed by atoms with Gasteiger partial charge in [0.05, 0.1) is 19.6 Å². The molecule has 4 N–H and O–H groups in total. The topological polar surface area (TPSA) is 79.5 Å². The Morgan fingerprint density at radius 2 is 2.07 bits per heavy atom. The van der Waals surface area contributed by atoms with Crippen LogP contribution in [-0.2, 0) is 0 Å². The second-order valence-electron chi connectivity index (χ2n) is 6.46. The molecule has 1 amide bonds. The highest BCUT2D eigenvalue weighted by Gasteiger charge is 2.39. The predicted molar refractivity (Wildman–Crippen MR) is 120 cm³/mol. The molecule has 9 heteroatoms. The van der Waals surface area contributed by atoms with E-state index >= 15 is 0 Å². The molecule has 0 radical (unpaired) electrons. The van der Waals surface area contributed by atoms with Crippen LogP contribution in [0, 0.1) is 0 Å². The Labute approximate surface area is 185 Å². The van der Waals surface area contributed by atoms with Gasteiger partial charge in [-0.15, -0.1) is 0 Å². The van der Waals surface area contributed by atoms with Crippen LogP contribution in [0.25, 0.3) is 5.57 Å². The monoisotopic (exact) mass is 532 g/mol. The summed E-state index contributed by atoms with van der Waals surface area (Å²) in [4.78, 5) is 16.8. The number of carbonyl (C=O) groups excluding carboxylic acids is 1. The van der Waals surface area contributed by atoms with Crippen LogP contribution in [0.4, 0.5) is 4.39 Å². The minimum atomic E-state index is -0.226. The molecule has 0 atom stereocenters. The van der Waals surface area contributed by atoms with Crippen molar-refractivity contribution in [2.75, 3.05) is 7.05 Å². The Morgan fingerprint density at radius 1 is 1.39 bits per heavy atom. The first-order chi connectivity index (χ1) is 13.2. The number of nitrogens with two attached hydrogens (primary N) is 1. The summed E-state index contributed by atoms with van der Waals surface area (Å²) < 4.78 is 13.3. The molecule has 0 aromatic heterocycles. The number of halogens is 4. The van der Waals surface area contributed by atoms with Crippen LogP contribution in [0.2, 0.25) is 5.02 Å². The lowest BCUT2D eigenvalue weighted by Crippen LogP contribution is -2.34. The number of aliphatic imine (C=N–C) groups is 1. The fourth-order valence-corrected chi connectivity index (χ4v) is 3.05. The molecule has 0 saturated heterocycles. The normalized spacial score (nSPS) is 17.4. The van der Waals surface area contributed by atoms with Crippen molar-refractivity contribution in [2.24, 2.45) is 10.7 Å². The van der Waals surface area contributed by atoms with Crippen molar-refractivity contribution in [1.82, 2.24) is 10.6 Å². The largest absolute Gasteiger partial charge is 0.404 e. The number of carbonyl (C=O) groups is 1. The van der Waals surface area contributed by atoms with E-state index in [9.17, 15) is 9.18 Å². The summed E-state index contributed by atoms with van der Waals surface area (Å²) in [6, 6.07) is 5.06. The van der Waals surface area contributed by atoms with Gasteiger partial charge in [0.25, 0.3) is 5.91 Å². The zero-order chi connectivity index (χ0) is 20.9. The highest BCUT2D eigenvalue weighted by atomic mass is 79.9. The van der Waals surface area contributed by atoms with Crippen molar-refractivity contribution >= 4 is 61.2 Å². The Hall–Kier alpha value is -1.64. The zero-order valence-electron chi connectivity index (χ0n) is 15.3. The maximum Gasteiger partial charge on any atom is 0.253 e. The van der Waals surface area contributed by atoms with Gasteiger partial charge in [-0.3, -0.25) is 4.79 Å². The van der Waals surface area contributed by atoms with Gasteiger partial charge in [-0.25, -0.2) is 9.38 Å². The minimum Gasteiger partial charge on any atom is -0.404 e. The lowest BCUT2D eigenvalue weighted by Gasteiger charge is -2.13. The number of rotatable bonds is 7. The van der Waals surface area contributed by atoms with E-state index in [4.69, 9.17) is 17.3 Å². The Bertz CT molecular complexity index is 892. The first-order valence-corrected chi connectivity index (χ1v) is 10.3. The van der Waals surface area contributed by atoms with E-state index in [1.54, 1.807) is 25.2 Å². The highest BCUT2D eigenvalue weighted by molar-refractivity contribution is 9.15. The van der Waals surface area contributed by atoms with Crippen LogP contribution in [0.15, 0.2) is 50.5 Å². The van der Waals surface area contributed by atoms with E-state index in [0.29, 0.717) is 38.4 Å². The number of benzene rings is 1. The number of allylic oxidation sites excluding steroid dienone is 3. The van der Waals surface area contributed by atoms with Gasteiger partial charge in [0.15, 0.2) is 0 Å². The molecular formula is C19H20Br2ClFN4O. The van der Waals surface area contributed by atoms with Gasteiger partial charge >= 0.3 is 0 Å². The summed E-state index contributed by atoms with van der Waals surface area (Å²) in [7, 11) is 1.65. The Balaban J connectivity index is 2.32. The van der Waals surface area contributed by atoms with Crippen molar-refractivity contribution in [3.05, 3.63) is 61.7 Å². The van der Waals surface area contributed by atoms with Gasteiger partial charge in [0.2, 0.25) is 0 Å². The number of hydrogen-bond acceptors (Lipinski definition) is 4. The van der Waals surface area contributed by atoms with E-state index in [1.807, 2.05) is 6.92 Å². The number of hydrogen-bond donors (Lipinski definition) is 3. The zero-order valence-corrected chi connectivity index (χ0v) is 19.3. The average Bonchev–Trinajstić information content (AvgIpc) is 3.41. The van der Waals surface area contributed by atoms with Gasteiger partial charge in [-0.1, -0.05) is 17.7 Å². The first kappa shape index (κ1) is 22.6. The molecular weight excluding hydrogens is 514 g/mol. The van der Waals surface area contributed by atoms with E-state index in [1.165, 1.54) is 12.4 Å². The van der Waals surface area contributed by atoms with Crippen LogP contribution in [-0.4, -0.2) is 24.7 Å². The molecule has 1 saturated carbocycles. The van der Waals surface area contributed by atoms with E-state index in [0.717, 1.165) is 12.8 Å². The van der Waals surface area contributed by atoms with Gasteiger partial charge in [-0.2, -0.15) is 0 Å². The maximum atomic E-state index is 12.7. The SMILES string of the molecule is CN/C(N=CC(=CN)c1ccc(Cl)c(C(=O)NC2(C)CC2)c1)=C(Br)\C(Br)=C\F. The summed E-state index contributed by atoms with van der Waals surface area (Å²) in [5, 5.41) is 6.21. The van der Waals surface area contributed by atoms with Gasteiger partial charge in [-0.05, 0) is 69.3 Å². The van der Waals surface area contributed by atoms with Crippen LogP contribution < -0.4 is 16.4 Å². The van der Waals surface area contributed by atoms with Gasteiger partial charge in [0.1, 0.15) is 12.2 Å². The number of nitrogens with zero attached hydrogens (tertiary/aromatic N) is 1. The molecule has 0 aliphatic heterocycles. The molecule has 0 spiro atoms. The van der Waals surface area contributed by atoms with Gasteiger partial charge in [0, 0.05) is 30.6 Å². The molecule has 1 aromatic rings. The molecule has 28 heavy (non-hydrogen) atoms. The summed E-state index contributed by atoms with van der Waals surface area (Å²) in [6.45, 7) is 1.99. The van der Waals surface area contributed by atoms with E-state index in [2.05, 4.69) is 47.5 Å². The van der Waals surface area contributed by atoms with Crippen molar-refractivity contribution in [2.45, 2.75) is 25.3 Å². The lowest BCUT2D eigenvalue weighted by molar-refractivity contribution is 0.0935. The second-order valence-corrected chi connectivity index (χ2v) is 8.51. The summed E-state index contributed by atoms with van der Waals surface area (Å²) in [6.07, 6.45) is 5.19. The summed E-state index contributed by atoms with van der Waals surface area (Å²) in [5.74, 6) is 0.157. The van der Waals surface area contributed by atoms with E-state index in [-0.39, 0.29) is 15.9 Å². The molecule has 1 aliphatic rings. The molecule has 1 fully saturated rings. The van der Waals surface area contributed by atoms with Crippen molar-refractivity contribution in [3.63, 3.8) is 0 Å². The summed E-state index contributed by atoms with van der Waals surface area (Å²) >= 11 is 12.6. The molecule has 0 heterocycles.